The largest absolute Gasteiger partial charge is 0.495 e. The smallest absolute Gasteiger partial charge is 0.469 e. The summed E-state index contributed by atoms with van der Waals surface area (Å²) in [6, 6.07) is 29.6. The molecule has 6 rings (SSSR count). The molecule has 5 aromatic rings. The van der Waals surface area contributed by atoms with Crippen LogP contribution in [0.15, 0.2) is 91.3 Å². The number of hydrogen-bond donors (Lipinski definition) is 2. The number of nitrogens with zero attached hydrogens (tertiary/aromatic N) is 1. The topological polar surface area (TPSA) is 98.1 Å². The summed E-state index contributed by atoms with van der Waals surface area (Å²) in [5.74, 6) is -0.264. The fourth-order valence-electron chi connectivity index (χ4n) is 11.4. The second-order valence-electron chi connectivity index (χ2n) is 22.7. The van der Waals surface area contributed by atoms with Gasteiger partial charge in [-0.2, -0.15) is 0 Å². The van der Waals surface area contributed by atoms with Crippen LogP contribution in [0, 0.1) is 27.7 Å². The fraction of sp³-hybridized carbons (Fsp3) is 0.545. The molecule has 402 valence electrons. The van der Waals surface area contributed by atoms with Crippen molar-refractivity contribution in [3.8, 4) is 11.1 Å². The lowest BCUT2D eigenvalue weighted by Crippen LogP contribution is -2.41. The van der Waals surface area contributed by atoms with Crippen molar-refractivity contribution in [3.63, 3.8) is 0 Å². The normalized spacial score (nSPS) is 14.7. The highest BCUT2D eigenvalue weighted by atomic mass is 16.7. The molecule has 7 nitrogen and oxygen atoms in total. The summed E-state index contributed by atoms with van der Waals surface area (Å²) in [5.41, 5.74) is 15.2. The maximum atomic E-state index is 11.7. The van der Waals surface area contributed by atoms with Crippen molar-refractivity contribution in [2.45, 2.75) is 227 Å². The van der Waals surface area contributed by atoms with Crippen LogP contribution in [0.25, 0.3) is 11.1 Å². The predicted molar refractivity (Wildman–Crippen MR) is 310 cm³/mol. The number of aryl methyl sites for hydroxylation is 6. The summed E-state index contributed by atoms with van der Waals surface area (Å²) in [5, 5.41) is 21.5. The molecule has 0 bridgehead atoms. The first kappa shape index (κ1) is 60.3. The van der Waals surface area contributed by atoms with E-state index in [9.17, 15) is 15.0 Å². The molecule has 1 aliphatic heterocycles. The second-order valence-corrected chi connectivity index (χ2v) is 22.7. The van der Waals surface area contributed by atoms with Crippen LogP contribution in [0.1, 0.15) is 208 Å². The van der Waals surface area contributed by atoms with E-state index in [1.807, 2.05) is 12.3 Å². The Morgan fingerprint density at radius 1 is 0.554 bits per heavy atom. The number of pyridine rings is 1. The molecule has 1 fully saturated rings. The summed E-state index contributed by atoms with van der Waals surface area (Å²) in [4.78, 5) is 16.1. The van der Waals surface area contributed by atoms with Crippen molar-refractivity contribution in [2.75, 3.05) is 7.11 Å². The molecule has 0 unspecified atom stereocenters. The van der Waals surface area contributed by atoms with E-state index in [0.717, 1.165) is 99.2 Å². The zero-order valence-electron chi connectivity index (χ0n) is 48.9. The Morgan fingerprint density at radius 3 is 1.34 bits per heavy atom. The summed E-state index contributed by atoms with van der Waals surface area (Å²) < 4.78 is 17.5. The van der Waals surface area contributed by atoms with E-state index in [-0.39, 0.29) is 41.5 Å². The zero-order chi connectivity index (χ0) is 54.9. The number of rotatable bonds is 22. The second kappa shape index (κ2) is 25.0. The average molecular weight is 1010 g/mol. The molecule has 1 aromatic heterocycles. The summed E-state index contributed by atoms with van der Waals surface area (Å²) >= 11 is 0. The van der Waals surface area contributed by atoms with E-state index in [1.54, 1.807) is 6.20 Å². The molecule has 0 amide bonds. The third-order valence-corrected chi connectivity index (χ3v) is 18.3. The van der Waals surface area contributed by atoms with Gasteiger partial charge in [-0.3, -0.25) is 9.78 Å². The Labute approximate surface area is 448 Å². The number of aromatic nitrogens is 1. The highest BCUT2D eigenvalue weighted by molar-refractivity contribution is 6.62. The molecular weight excluding hydrogens is 914 g/mol. The molecule has 0 saturated carbocycles. The van der Waals surface area contributed by atoms with E-state index in [2.05, 4.69) is 189 Å². The number of benzene rings is 4. The summed E-state index contributed by atoms with van der Waals surface area (Å²) in [7, 11) is 1.07. The monoisotopic (exact) mass is 1010 g/mol. The van der Waals surface area contributed by atoms with Crippen LogP contribution in [0.4, 0.5) is 0 Å². The van der Waals surface area contributed by atoms with Gasteiger partial charge in [0.05, 0.1) is 35.9 Å². The maximum absolute atomic E-state index is 11.7. The van der Waals surface area contributed by atoms with Gasteiger partial charge in [-0.25, -0.2) is 0 Å². The van der Waals surface area contributed by atoms with Crippen molar-refractivity contribution < 1.29 is 29.1 Å². The maximum Gasteiger partial charge on any atom is 0.495 e. The molecule has 0 spiro atoms. The minimum absolute atomic E-state index is 0.0455. The van der Waals surface area contributed by atoms with E-state index in [0.29, 0.717) is 0 Å². The Morgan fingerprint density at radius 2 is 0.959 bits per heavy atom. The average Bonchev–Trinajstić information content (AvgIpc) is 3.61. The third-order valence-electron chi connectivity index (χ3n) is 18.3. The Balaban J connectivity index is 0.000000274. The number of aliphatic hydroxyl groups is 2. The van der Waals surface area contributed by atoms with Gasteiger partial charge in [0.1, 0.15) is 0 Å². The van der Waals surface area contributed by atoms with E-state index < -0.39 is 11.2 Å². The first-order valence-electron chi connectivity index (χ1n) is 28.2. The molecule has 8 heteroatoms. The highest BCUT2D eigenvalue weighted by Crippen LogP contribution is 2.43. The van der Waals surface area contributed by atoms with Gasteiger partial charge in [0.15, 0.2) is 0 Å². The highest BCUT2D eigenvalue weighted by Gasteiger charge is 2.52. The number of carbonyl (C=O) groups excluding carboxylic acids is 1. The van der Waals surface area contributed by atoms with Crippen LogP contribution in [0.2, 0.25) is 0 Å². The number of ether oxygens (including phenoxy) is 1. The van der Waals surface area contributed by atoms with Gasteiger partial charge in [0.2, 0.25) is 0 Å². The van der Waals surface area contributed by atoms with Crippen molar-refractivity contribution >= 4 is 18.6 Å². The van der Waals surface area contributed by atoms with Crippen molar-refractivity contribution in [1.29, 1.82) is 0 Å². The van der Waals surface area contributed by atoms with Crippen LogP contribution in [-0.2, 0) is 48.9 Å². The molecule has 1 saturated heterocycles. The van der Waals surface area contributed by atoms with E-state index in [1.165, 1.54) is 62.7 Å². The summed E-state index contributed by atoms with van der Waals surface area (Å²) in [6.07, 6.45) is 14.5. The standard InChI is InChI=1S/C34H45NO3.C32H49BO3/c1-8-33(37,9-2)17-16-27-12-13-29(18-24(27)5)34(10-3,11-4)30-14-15-31(25(6)19-30)28-20-26(22-35-23-28)21-32(36)38-7;1-11-31(34,12-2)20-19-25-15-16-26(21-23(25)5)32(13-3,14-4)27-17-18-28(24(6)22-27)33-35-29(7,8)30(9,10)36-33/h12-15,18-20,22-23,37H,8-11,16-17,21H2,1-7H3;15-18,21-22,34H,11-14,19-20H2,1-10H3. The minimum atomic E-state index is -0.574. The lowest BCUT2D eigenvalue weighted by atomic mass is 9.67. The Hall–Kier alpha value is -4.60. The lowest BCUT2D eigenvalue weighted by Gasteiger charge is -2.34. The molecular formula is C66H94BNO6. The SMILES string of the molecule is CCC(O)(CC)CCc1ccc(C(CC)(CC)c2ccc(-c3cncc(CC(=O)OC)c3)c(C)c2)cc1C.CCC(O)(CC)CCc1ccc(C(CC)(CC)c2ccc(B3OC(C)(C)C(C)(C)O3)c(C)c2)cc1C. The van der Waals surface area contributed by atoms with Crippen molar-refractivity contribution in [1.82, 2.24) is 4.98 Å². The molecule has 0 radical (unpaired) electrons. The number of hydrogen-bond acceptors (Lipinski definition) is 7. The van der Waals surface area contributed by atoms with Crippen LogP contribution in [0.3, 0.4) is 0 Å². The van der Waals surface area contributed by atoms with Gasteiger partial charge >= 0.3 is 13.1 Å². The van der Waals surface area contributed by atoms with Crippen LogP contribution in [-0.4, -0.2) is 57.8 Å². The minimum Gasteiger partial charge on any atom is -0.469 e. The van der Waals surface area contributed by atoms with E-state index in [4.69, 9.17) is 14.0 Å². The predicted octanol–water partition coefficient (Wildman–Crippen LogP) is 14.9. The van der Waals surface area contributed by atoms with Crippen LogP contribution < -0.4 is 5.46 Å². The van der Waals surface area contributed by atoms with Gasteiger partial charge in [-0.1, -0.05) is 134 Å². The number of methoxy groups -OCH3 is 1. The first-order valence-corrected chi connectivity index (χ1v) is 28.2. The first-order chi connectivity index (χ1) is 34.9. The van der Waals surface area contributed by atoms with Crippen molar-refractivity contribution in [2.24, 2.45) is 0 Å². The van der Waals surface area contributed by atoms with E-state index >= 15 is 0 Å². The van der Waals surface area contributed by atoms with Gasteiger partial charge in [0.25, 0.3) is 0 Å². The third kappa shape index (κ3) is 13.1. The Kier molecular flexibility index (Phi) is 20.4. The molecule has 2 N–H and O–H groups in total. The molecule has 0 atom stereocenters. The molecule has 2 heterocycles. The molecule has 0 aliphatic carbocycles. The number of carbonyl (C=O) groups is 1. The molecule has 4 aromatic carbocycles. The van der Waals surface area contributed by atoms with Gasteiger partial charge in [-0.05, 0) is 205 Å². The Bertz CT molecular complexity index is 2630. The van der Waals surface area contributed by atoms with Crippen LogP contribution >= 0.6 is 0 Å². The molecule has 74 heavy (non-hydrogen) atoms. The summed E-state index contributed by atoms with van der Waals surface area (Å²) in [6.45, 7) is 34.6. The van der Waals surface area contributed by atoms with Crippen molar-refractivity contribution in [3.05, 3.63) is 152 Å². The zero-order valence-corrected chi connectivity index (χ0v) is 48.9. The molecule has 1 aliphatic rings. The van der Waals surface area contributed by atoms with Gasteiger partial charge in [0, 0.05) is 28.8 Å². The van der Waals surface area contributed by atoms with Gasteiger partial charge < -0.3 is 24.3 Å². The fourth-order valence-corrected chi connectivity index (χ4v) is 11.4. The van der Waals surface area contributed by atoms with Crippen LogP contribution in [0.5, 0.6) is 0 Å². The van der Waals surface area contributed by atoms with Gasteiger partial charge in [-0.15, -0.1) is 0 Å². The lowest BCUT2D eigenvalue weighted by molar-refractivity contribution is -0.139. The number of esters is 1. The quantitative estimate of drug-likeness (QED) is 0.0526.